The van der Waals surface area contributed by atoms with Gasteiger partial charge in [0.25, 0.3) is 5.91 Å². The van der Waals surface area contributed by atoms with Gasteiger partial charge in [-0.05, 0) is 42.0 Å². The molecule has 0 spiro atoms. The summed E-state index contributed by atoms with van der Waals surface area (Å²) in [6, 6.07) is 20.0. The summed E-state index contributed by atoms with van der Waals surface area (Å²) in [6.07, 6.45) is 1.75. The number of phenols is 1. The van der Waals surface area contributed by atoms with Crippen molar-refractivity contribution in [1.29, 1.82) is 0 Å². The fraction of sp³-hybridized carbons (Fsp3) is 0.0455. The van der Waals surface area contributed by atoms with Crippen LogP contribution in [0.5, 0.6) is 5.75 Å². The summed E-state index contributed by atoms with van der Waals surface area (Å²) in [7, 11) is 0. The number of halogens is 2. The number of phenolic OH excluding ortho intramolecular Hbond substituents is 1. The summed E-state index contributed by atoms with van der Waals surface area (Å²) in [5, 5.41) is 10.3. The molecule has 0 radical (unpaired) electrons. The van der Waals surface area contributed by atoms with E-state index in [0.29, 0.717) is 15.5 Å². The van der Waals surface area contributed by atoms with Gasteiger partial charge in [0.2, 0.25) is 0 Å². The number of anilines is 1. The van der Waals surface area contributed by atoms with Gasteiger partial charge in [0.05, 0.1) is 10.6 Å². The summed E-state index contributed by atoms with van der Waals surface area (Å²) >= 11 is 7.20. The molecule has 0 saturated carbocycles. The van der Waals surface area contributed by atoms with E-state index < -0.39 is 11.2 Å². The maximum absolute atomic E-state index is 14.5. The molecule has 0 aromatic heterocycles. The summed E-state index contributed by atoms with van der Waals surface area (Å²) < 4.78 is 14.5. The predicted molar refractivity (Wildman–Crippen MR) is 112 cm³/mol. The molecule has 4 rings (SSSR count). The highest BCUT2D eigenvalue weighted by Gasteiger charge is 2.40. The third kappa shape index (κ3) is 3.51. The Morgan fingerprint density at radius 3 is 2.39 bits per heavy atom. The second kappa shape index (κ2) is 7.70. The molecule has 0 unspecified atom stereocenters. The molecule has 0 aliphatic carbocycles. The van der Waals surface area contributed by atoms with E-state index in [2.05, 4.69) is 0 Å². The third-order valence-electron chi connectivity index (χ3n) is 4.39. The Bertz CT molecular complexity index is 1070. The topological polar surface area (TPSA) is 40.5 Å². The van der Waals surface area contributed by atoms with Gasteiger partial charge < -0.3 is 5.11 Å². The van der Waals surface area contributed by atoms with Crippen molar-refractivity contribution in [2.24, 2.45) is 0 Å². The Labute approximate surface area is 171 Å². The molecule has 1 N–H and O–H groups in total. The number of hydrogen-bond donors (Lipinski definition) is 1. The monoisotopic (exact) mass is 411 g/mol. The van der Waals surface area contributed by atoms with Crippen LogP contribution in [0.2, 0.25) is 5.02 Å². The van der Waals surface area contributed by atoms with Crippen molar-refractivity contribution in [3.05, 3.63) is 99.7 Å². The molecule has 0 bridgehead atoms. The molecule has 1 saturated heterocycles. The van der Waals surface area contributed by atoms with Gasteiger partial charge in [0.15, 0.2) is 0 Å². The maximum Gasteiger partial charge on any atom is 0.266 e. The smallest absolute Gasteiger partial charge is 0.266 e. The van der Waals surface area contributed by atoms with Crippen molar-refractivity contribution in [3.8, 4) is 5.75 Å². The van der Waals surface area contributed by atoms with E-state index in [4.69, 9.17) is 11.6 Å². The summed E-state index contributed by atoms with van der Waals surface area (Å²) in [5.74, 6) is -0.759. The summed E-state index contributed by atoms with van der Waals surface area (Å²) in [4.78, 5) is 15.0. The summed E-state index contributed by atoms with van der Waals surface area (Å²) in [5.41, 5.74) is 1.53. The van der Waals surface area contributed by atoms with Crippen LogP contribution in [0, 0.1) is 5.82 Å². The van der Waals surface area contributed by atoms with Crippen LogP contribution in [0.25, 0.3) is 6.08 Å². The molecule has 3 nitrogen and oxygen atoms in total. The number of carbonyl (C=O) groups is 1. The molecular weight excluding hydrogens is 397 g/mol. The zero-order valence-electron chi connectivity index (χ0n) is 14.5. The minimum atomic E-state index is -0.579. The van der Waals surface area contributed by atoms with Crippen LogP contribution >= 0.6 is 23.4 Å². The highest BCUT2D eigenvalue weighted by molar-refractivity contribution is 8.05. The van der Waals surface area contributed by atoms with E-state index in [1.807, 2.05) is 12.1 Å². The first kappa shape index (κ1) is 18.6. The zero-order valence-corrected chi connectivity index (χ0v) is 16.1. The predicted octanol–water partition coefficient (Wildman–Crippen LogP) is 6.00. The molecule has 1 aliphatic heterocycles. The van der Waals surface area contributed by atoms with Crippen LogP contribution in [0.4, 0.5) is 10.1 Å². The first-order valence-corrected chi connectivity index (χ1v) is 9.80. The highest BCUT2D eigenvalue weighted by atomic mass is 35.5. The molecule has 140 valence electrons. The average Bonchev–Trinajstić information content (AvgIpc) is 3.00. The minimum Gasteiger partial charge on any atom is -0.508 e. The molecule has 1 heterocycles. The van der Waals surface area contributed by atoms with Crippen molar-refractivity contribution >= 4 is 41.0 Å². The molecule has 1 amide bonds. The number of amides is 1. The van der Waals surface area contributed by atoms with Crippen molar-refractivity contribution in [2.45, 2.75) is 5.37 Å². The molecule has 1 fully saturated rings. The third-order valence-corrected chi connectivity index (χ3v) is 5.87. The van der Waals surface area contributed by atoms with Crippen LogP contribution in [-0.2, 0) is 4.79 Å². The largest absolute Gasteiger partial charge is 0.508 e. The van der Waals surface area contributed by atoms with Gasteiger partial charge in [-0.15, -0.1) is 0 Å². The van der Waals surface area contributed by atoms with Crippen LogP contribution in [-0.4, -0.2) is 11.0 Å². The molecule has 6 heteroatoms. The Morgan fingerprint density at radius 1 is 1.00 bits per heavy atom. The Balaban J connectivity index is 1.81. The fourth-order valence-electron chi connectivity index (χ4n) is 3.04. The lowest BCUT2D eigenvalue weighted by Gasteiger charge is -2.24. The SMILES string of the molecule is O=C1/C(=C/c2ccc(Cl)cc2)S[C@@H](c2ccccc2O)N1c1ccccc1F. The van der Waals surface area contributed by atoms with Crippen molar-refractivity contribution < 1.29 is 14.3 Å². The van der Waals surface area contributed by atoms with Gasteiger partial charge in [-0.3, -0.25) is 9.69 Å². The first-order valence-electron chi connectivity index (χ1n) is 8.54. The second-order valence-electron chi connectivity index (χ2n) is 6.22. The standard InChI is InChI=1S/C22H15ClFNO2S/c23-15-11-9-14(10-12-15)13-20-21(27)25(18-7-3-2-6-17(18)24)22(28-20)16-5-1-4-8-19(16)26/h1-13,22,26H/b20-13-/t22-/m0/s1. The fourth-order valence-corrected chi connectivity index (χ4v) is 4.45. The van der Waals surface area contributed by atoms with E-state index in [9.17, 15) is 14.3 Å². The van der Waals surface area contributed by atoms with Crippen molar-refractivity contribution in [3.63, 3.8) is 0 Å². The number of benzene rings is 3. The van der Waals surface area contributed by atoms with Crippen LogP contribution in [0.1, 0.15) is 16.5 Å². The number of para-hydroxylation sites is 2. The number of hydrogen-bond acceptors (Lipinski definition) is 3. The average molecular weight is 412 g/mol. The van der Waals surface area contributed by atoms with E-state index >= 15 is 0 Å². The first-order chi connectivity index (χ1) is 13.5. The van der Waals surface area contributed by atoms with Gasteiger partial charge in [0, 0.05) is 10.6 Å². The lowest BCUT2D eigenvalue weighted by atomic mass is 10.1. The van der Waals surface area contributed by atoms with Gasteiger partial charge in [-0.2, -0.15) is 0 Å². The number of aromatic hydroxyl groups is 1. The molecular formula is C22H15ClFNO2S. The van der Waals surface area contributed by atoms with Gasteiger partial charge >= 0.3 is 0 Å². The molecule has 1 atom stereocenters. The molecule has 3 aromatic carbocycles. The van der Waals surface area contributed by atoms with E-state index in [-0.39, 0.29) is 17.3 Å². The van der Waals surface area contributed by atoms with Crippen LogP contribution in [0.3, 0.4) is 0 Å². The summed E-state index contributed by atoms with van der Waals surface area (Å²) in [6.45, 7) is 0. The molecule has 28 heavy (non-hydrogen) atoms. The Hall–Kier alpha value is -2.76. The van der Waals surface area contributed by atoms with Gasteiger partial charge in [-0.1, -0.05) is 65.8 Å². The highest BCUT2D eigenvalue weighted by Crippen LogP contribution is 2.50. The zero-order chi connectivity index (χ0) is 19.7. The van der Waals surface area contributed by atoms with Crippen molar-refractivity contribution in [1.82, 2.24) is 0 Å². The van der Waals surface area contributed by atoms with E-state index in [1.54, 1.807) is 60.7 Å². The van der Waals surface area contributed by atoms with Gasteiger partial charge in [0.1, 0.15) is 16.9 Å². The lowest BCUT2D eigenvalue weighted by Crippen LogP contribution is -2.28. The Kier molecular flexibility index (Phi) is 5.11. The van der Waals surface area contributed by atoms with Crippen molar-refractivity contribution in [2.75, 3.05) is 4.90 Å². The van der Waals surface area contributed by atoms with E-state index in [0.717, 1.165) is 5.56 Å². The normalized spacial score (nSPS) is 18.1. The maximum atomic E-state index is 14.5. The van der Waals surface area contributed by atoms with Crippen LogP contribution < -0.4 is 4.90 Å². The minimum absolute atomic E-state index is 0.0573. The van der Waals surface area contributed by atoms with Gasteiger partial charge in [-0.25, -0.2) is 4.39 Å². The molecule has 1 aliphatic rings. The number of rotatable bonds is 3. The van der Waals surface area contributed by atoms with Crippen LogP contribution in [0.15, 0.2) is 77.7 Å². The van der Waals surface area contributed by atoms with E-state index in [1.165, 1.54) is 22.7 Å². The number of thioether (sulfide) groups is 1. The lowest BCUT2D eigenvalue weighted by molar-refractivity contribution is -0.114. The Morgan fingerprint density at radius 2 is 1.68 bits per heavy atom. The number of nitrogens with zero attached hydrogens (tertiary/aromatic N) is 1. The molecule has 3 aromatic rings. The second-order valence-corrected chi connectivity index (χ2v) is 7.77. The quantitative estimate of drug-likeness (QED) is 0.537. The number of carbonyl (C=O) groups excluding carboxylic acids is 1.